The Morgan fingerprint density at radius 3 is 2.38 bits per heavy atom. The highest BCUT2D eigenvalue weighted by atomic mass is 127. The number of hydrogen-bond donors (Lipinski definition) is 1. The fourth-order valence-corrected chi connectivity index (χ4v) is 5.70. The molecule has 1 unspecified atom stereocenters. The molecule has 5 rings (SSSR count). The van der Waals surface area contributed by atoms with Gasteiger partial charge in [-0.05, 0) is 67.5 Å². The van der Waals surface area contributed by atoms with Crippen molar-refractivity contribution in [2.75, 3.05) is 12.8 Å². The topological polar surface area (TPSA) is 66.6 Å². The molecule has 3 aliphatic rings. The van der Waals surface area contributed by atoms with Crippen LogP contribution in [0.5, 0.6) is 0 Å². The van der Waals surface area contributed by atoms with Crippen LogP contribution in [0, 0.1) is 3.57 Å². The van der Waals surface area contributed by atoms with Crippen LogP contribution < -0.4 is 5.73 Å². The maximum atomic E-state index is 13.3. The van der Waals surface area contributed by atoms with E-state index in [2.05, 4.69) is 34.5 Å². The Hall–Kier alpha value is -1.67. The molecular weight excluding hydrogens is 441 g/mol. The molecule has 3 atom stereocenters. The molecule has 2 N–H and O–H groups in total. The second-order valence-corrected chi connectivity index (χ2v) is 8.87. The van der Waals surface area contributed by atoms with E-state index in [1.807, 2.05) is 24.3 Å². The molecule has 2 aromatic carbocycles. The van der Waals surface area contributed by atoms with Gasteiger partial charge in [0.15, 0.2) is 0 Å². The summed E-state index contributed by atoms with van der Waals surface area (Å²) in [5, 5.41) is 1.52. The zero-order valence-corrected chi connectivity index (χ0v) is 16.7. The van der Waals surface area contributed by atoms with Crippen molar-refractivity contribution in [1.29, 1.82) is 0 Å². The molecule has 0 aliphatic carbocycles. The highest BCUT2D eigenvalue weighted by Crippen LogP contribution is 2.41. The molecule has 6 heteroatoms. The molecule has 0 radical (unpaired) electrons. The van der Waals surface area contributed by atoms with Gasteiger partial charge in [0.2, 0.25) is 0 Å². The van der Waals surface area contributed by atoms with Crippen LogP contribution in [0.25, 0.3) is 10.8 Å². The lowest BCUT2D eigenvalue weighted by Crippen LogP contribution is -2.54. The number of benzene rings is 2. The Kier molecular flexibility index (Phi) is 3.59. The minimum atomic E-state index is -0.164. The van der Waals surface area contributed by atoms with Crippen molar-refractivity contribution in [3.8, 4) is 0 Å². The monoisotopic (exact) mass is 461 g/mol. The number of carbonyl (C=O) groups is 2. The highest BCUT2D eigenvalue weighted by Gasteiger charge is 2.45. The number of nitrogens with zero attached hydrogens (tertiary/aromatic N) is 2. The van der Waals surface area contributed by atoms with Gasteiger partial charge in [-0.3, -0.25) is 14.5 Å². The SMILES string of the molecule is CN1[C@@H]2CC[C@H]1CC(N1C(=O)c3cccc4c(N)c(I)cc(c34)C1=O)C2. The Morgan fingerprint density at radius 2 is 1.69 bits per heavy atom. The van der Waals surface area contributed by atoms with E-state index in [1.54, 1.807) is 4.90 Å². The summed E-state index contributed by atoms with van der Waals surface area (Å²) in [7, 11) is 2.17. The smallest absolute Gasteiger partial charge is 0.261 e. The van der Waals surface area contributed by atoms with Gasteiger partial charge in [-0.25, -0.2) is 0 Å². The van der Waals surface area contributed by atoms with E-state index in [4.69, 9.17) is 5.73 Å². The summed E-state index contributed by atoms with van der Waals surface area (Å²) in [5.74, 6) is -0.326. The molecule has 2 amide bonds. The average Bonchev–Trinajstić information content (AvgIpc) is 2.83. The largest absolute Gasteiger partial charge is 0.397 e. The fourth-order valence-electron chi connectivity index (χ4n) is 5.10. The molecular formula is C20H20IN3O2. The van der Waals surface area contributed by atoms with E-state index in [9.17, 15) is 9.59 Å². The van der Waals surface area contributed by atoms with E-state index in [-0.39, 0.29) is 17.9 Å². The van der Waals surface area contributed by atoms with Crippen LogP contribution in [0.15, 0.2) is 24.3 Å². The molecule has 0 aromatic heterocycles. The molecule has 3 aliphatic heterocycles. The molecule has 5 nitrogen and oxygen atoms in total. The molecule has 2 saturated heterocycles. The molecule has 0 saturated carbocycles. The van der Waals surface area contributed by atoms with E-state index in [0.29, 0.717) is 34.3 Å². The van der Waals surface area contributed by atoms with Gasteiger partial charge in [0, 0.05) is 43.6 Å². The van der Waals surface area contributed by atoms with Gasteiger partial charge < -0.3 is 10.6 Å². The highest BCUT2D eigenvalue weighted by molar-refractivity contribution is 14.1. The molecule has 134 valence electrons. The fraction of sp³-hybridized carbons (Fsp3) is 0.400. The van der Waals surface area contributed by atoms with E-state index in [0.717, 1.165) is 34.6 Å². The number of hydrogen-bond acceptors (Lipinski definition) is 4. The number of fused-ring (bicyclic) bond motifs is 2. The zero-order valence-electron chi connectivity index (χ0n) is 14.5. The molecule has 2 aromatic rings. The summed E-state index contributed by atoms with van der Waals surface area (Å²) in [6.07, 6.45) is 4.08. The summed E-state index contributed by atoms with van der Waals surface area (Å²) in [4.78, 5) is 30.6. The number of amides is 2. The van der Waals surface area contributed by atoms with Gasteiger partial charge >= 0.3 is 0 Å². The van der Waals surface area contributed by atoms with Gasteiger partial charge in [0.25, 0.3) is 11.8 Å². The van der Waals surface area contributed by atoms with E-state index >= 15 is 0 Å². The molecule has 2 bridgehead atoms. The van der Waals surface area contributed by atoms with Crippen LogP contribution in [-0.4, -0.2) is 46.8 Å². The first kappa shape index (κ1) is 16.5. The Balaban J connectivity index is 1.64. The van der Waals surface area contributed by atoms with Crippen molar-refractivity contribution in [2.45, 2.75) is 43.8 Å². The molecule has 26 heavy (non-hydrogen) atoms. The number of imide groups is 1. The van der Waals surface area contributed by atoms with Crippen molar-refractivity contribution >= 4 is 50.9 Å². The average molecular weight is 461 g/mol. The second-order valence-electron chi connectivity index (χ2n) is 7.70. The maximum Gasteiger partial charge on any atom is 0.261 e. The standard InChI is InChI=1S/C20H20IN3O2/c1-23-10-5-6-11(23)8-12(7-10)24-19(25)14-4-2-3-13-17(14)15(20(24)26)9-16(21)18(13)22/h2-4,9-12H,5-8,22H2,1H3/t10-,11+,12?. The minimum Gasteiger partial charge on any atom is -0.397 e. The van der Waals surface area contributed by atoms with Gasteiger partial charge in [-0.1, -0.05) is 12.1 Å². The Morgan fingerprint density at radius 1 is 1.04 bits per heavy atom. The van der Waals surface area contributed by atoms with Crippen LogP contribution >= 0.6 is 22.6 Å². The first-order valence-electron chi connectivity index (χ1n) is 9.08. The quantitative estimate of drug-likeness (QED) is 0.403. The lowest BCUT2D eigenvalue weighted by Gasteiger charge is -2.42. The van der Waals surface area contributed by atoms with Crippen LogP contribution in [-0.2, 0) is 0 Å². The summed E-state index contributed by atoms with van der Waals surface area (Å²) in [5.41, 5.74) is 8.06. The predicted molar refractivity (Wildman–Crippen MR) is 109 cm³/mol. The van der Waals surface area contributed by atoms with Gasteiger partial charge in [-0.15, -0.1) is 0 Å². The number of anilines is 1. The van der Waals surface area contributed by atoms with Gasteiger partial charge in [-0.2, -0.15) is 0 Å². The number of rotatable bonds is 1. The summed E-state index contributed by atoms with van der Waals surface area (Å²) in [6.45, 7) is 0. The molecule has 0 spiro atoms. The third-order valence-corrected chi connectivity index (χ3v) is 7.38. The number of halogens is 1. The molecule has 3 heterocycles. The van der Waals surface area contributed by atoms with Gasteiger partial charge in [0.1, 0.15) is 0 Å². The second kappa shape index (κ2) is 5.66. The number of carbonyl (C=O) groups excluding carboxylic acids is 2. The van der Waals surface area contributed by atoms with E-state index < -0.39 is 0 Å². The molecule has 2 fully saturated rings. The van der Waals surface area contributed by atoms with Crippen molar-refractivity contribution in [2.24, 2.45) is 0 Å². The zero-order chi connectivity index (χ0) is 18.2. The summed E-state index contributed by atoms with van der Waals surface area (Å²) >= 11 is 2.17. The van der Waals surface area contributed by atoms with E-state index in [1.165, 1.54) is 0 Å². The van der Waals surface area contributed by atoms with Crippen LogP contribution in [0.2, 0.25) is 0 Å². The Labute approximate surface area is 165 Å². The van der Waals surface area contributed by atoms with Gasteiger partial charge in [0.05, 0.1) is 5.69 Å². The third-order valence-electron chi connectivity index (χ3n) is 6.49. The summed E-state index contributed by atoms with van der Waals surface area (Å²) in [6, 6.07) is 8.36. The summed E-state index contributed by atoms with van der Waals surface area (Å²) < 4.78 is 0.855. The first-order valence-corrected chi connectivity index (χ1v) is 10.2. The minimum absolute atomic E-state index is 0.0117. The van der Waals surface area contributed by atoms with Crippen molar-refractivity contribution in [1.82, 2.24) is 9.80 Å². The number of nitrogen functional groups attached to an aromatic ring is 1. The van der Waals surface area contributed by atoms with Crippen molar-refractivity contribution in [3.05, 3.63) is 39.0 Å². The van der Waals surface area contributed by atoms with Crippen LogP contribution in [0.1, 0.15) is 46.4 Å². The maximum absolute atomic E-state index is 13.3. The van der Waals surface area contributed by atoms with Crippen molar-refractivity contribution < 1.29 is 9.59 Å². The lowest BCUT2D eigenvalue weighted by molar-refractivity contribution is 0.0396. The third kappa shape index (κ3) is 2.11. The normalized spacial score (nSPS) is 28.2. The van der Waals surface area contributed by atoms with Crippen LogP contribution in [0.3, 0.4) is 0 Å². The van der Waals surface area contributed by atoms with Crippen molar-refractivity contribution in [3.63, 3.8) is 0 Å². The first-order chi connectivity index (χ1) is 12.5. The predicted octanol–water partition coefficient (Wildman–Crippen LogP) is 3.25. The number of piperidine rings is 1. The lowest BCUT2D eigenvalue weighted by atomic mass is 9.89. The van der Waals surface area contributed by atoms with Crippen LogP contribution in [0.4, 0.5) is 5.69 Å². The Bertz CT molecular complexity index is 959. The number of nitrogens with two attached hydrogens (primary N) is 1.